The van der Waals surface area contributed by atoms with Gasteiger partial charge in [0.25, 0.3) is 0 Å². The fourth-order valence-corrected chi connectivity index (χ4v) is 15.2. The molecule has 12 unspecified atom stereocenters. The minimum atomic E-state index is -1.63. The summed E-state index contributed by atoms with van der Waals surface area (Å²) in [6, 6.07) is 22.3. The molecule has 3 fully saturated rings. The maximum atomic E-state index is 14.6. The largest absolute Gasteiger partial charge is 0.508 e. The van der Waals surface area contributed by atoms with Crippen molar-refractivity contribution in [3.63, 3.8) is 0 Å². The van der Waals surface area contributed by atoms with Crippen molar-refractivity contribution in [3.05, 3.63) is 124 Å². The molecule has 12 heteroatoms. The average Bonchev–Trinajstić information content (AvgIpc) is 3.67. The lowest BCUT2D eigenvalue weighted by molar-refractivity contribution is -0.140. The number of carboxylic acids is 1. The third-order valence-corrected chi connectivity index (χ3v) is 19.7. The number of rotatable bonds is 14. The Morgan fingerprint density at radius 2 is 1.54 bits per heavy atom. The summed E-state index contributed by atoms with van der Waals surface area (Å²) in [7, 11) is 0. The Morgan fingerprint density at radius 3 is 2.22 bits per heavy atom. The molecule has 2 saturated carbocycles. The molecule has 6 bridgehead atoms. The number of aliphatic hydroxyl groups is 7. The predicted octanol–water partition coefficient (Wildman–Crippen LogP) is 8.75. The third-order valence-electron chi connectivity index (χ3n) is 19.7. The quantitative estimate of drug-likeness (QED) is 0.0683. The highest BCUT2D eigenvalue weighted by Crippen LogP contribution is 2.54. The molecule has 12 nitrogen and oxygen atoms in total. The van der Waals surface area contributed by atoms with Crippen molar-refractivity contribution >= 4 is 5.97 Å². The van der Waals surface area contributed by atoms with E-state index in [2.05, 4.69) is 59.7 Å². The van der Waals surface area contributed by atoms with Gasteiger partial charge in [0.15, 0.2) is 0 Å². The minimum Gasteiger partial charge on any atom is -0.508 e. The van der Waals surface area contributed by atoms with Crippen molar-refractivity contribution in [1.82, 2.24) is 10.6 Å². The first-order valence-corrected chi connectivity index (χ1v) is 29.8. The second kappa shape index (κ2) is 26.5. The van der Waals surface area contributed by atoms with E-state index in [0.717, 1.165) is 97.6 Å². The van der Waals surface area contributed by atoms with Crippen LogP contribution in [0.25, 0.3) is 0 Å². The number of hydrogen-bond donors (Lipinski definition) is 11. The van der Waals surface area contributed by atoms with Crippen LogP contribution in [0.5, 0.6) is 5.75 Å². The van der Waals surface area contributed by atoms with Crippen LogP contribution in [0.2, 0.25) is 0 Å². The van der Waals surface area contributed by atoms with E-state index in [1.165, 1.54) is 0 Å². The van der Waals surface area contributed by atoms with Crippen molar-refractivity contribution in [2.75, 3.05) is 6.61 Å². The van der Waals surface area contributed by atoms with Gasteiger partial charge in [0.05, 0.1) is 54.7 Å². The van der Waals surface area contributed by atoms with E-state index in [4.69, 9.17) is 0 Å². The molecule has 3 aromatic carbocycles. The Kier molecular flexibility index (Phi) is 20.3. The molecule has 0 aromatic heterocycles. The lowest BCUT2D eigenvalue weighted by Gasteiger charge is -2.59. The molecule has 9 rings (SSSR count). The molecular weight excluding hydrogens is 981 g/mol. The van der Waals surface area contributed by atoms with Gasteiger partial charge in [-0.3, -0.25) is 4.79 Å². The van der Waals surface area contributed by atoms with E-state index in [0.29, 0.717) is 50.5 Å². The number of phenolic OH excluding ortho intramolecular Hbond substituents is 1. The first-order chi connectivity index (χ1) is 37.5. The number of carboxylic acid groups (broad SMARTS) is 1. The molecule has 12 atom stereocenters. The van der Waals surface area contributed by atoms with E-state index in [1.54, 1.807) is 18.2 Å². The number of carbonyl (C=O) groups is 1. The van der Waals surface area contributed by atoms with E-state index in [9.17, 15) is 50.8 Å². The van der Waals surface area contributed by atoms with Gasteiger partial charge in [-0.2, -0.15) is 0 Å². The number of phenols is 1. The number of nitrogens with one attached hydrogen (secondary N) is 2. The van der Waals surface area contributed by atoms with Gasteiger partial charge in [-0.05, 0) is 161 Å². The Morgan fingerprint density at radius 1 is 0.859 bits per heavy atom. The van der Waals surface area contributed by atoms with Gasteiger partial charge in [-0.15, -0.1) is 0 Å². The van der Waals surface area contributed by atoms with Crippen LogP contribution >= 0.6 is 0 Å². The number of hydrogen-bond acceptors (Lipinski definition) is 11. The van der Waals surface area contributed by atoms with Gasteiger partial charge in [-0.25, -0.2) is 0 Å². The maximum Gasteiger partial charge on any atom is 0.303 e. The fourth-order valence-electron chi connectivity index (χ4n) is 15.2. The summed E-state index contributed by atoms with van der Waals surface area (Å²) in [6.45, 7) is 5.49. The van der Waals surface area contributed by atoms with E-state index >= 15 is 0 Å². The Hall–Kier alpha value is -4.39. The molecular formula is C66H92N2O10. The van der Waals surface area contributed by atoms with Gasteiger partial charge in [0.2, 0.25) is 0 Å². The van der Waals surface area contributed by atoms with Crippen LogP contribution in [-0.4, -0.2) is 118 Å². The second-order valence-corrected chi connectivity index (χ2v) is 24.6. The Balaban J connectivity index is 1.44. The Bertz CT molecular complexity index is 2550. The third kappa shape index (κ3) is 13.0. The molecule has 1 saturated heterocycles. The number of aromatic hydroxyl groups is 1. The van der Waals surface area contributed by atoms with Crippen molar-refractivity contribution in [2.45, 2.75) is 239 Å². The molecule has 0 amide bonds. The van der Waals surface area contributed by atoms with Crippen LogP contribution in [0.4, 0.5) is 0 Å². The molecule has 78 heavy (non-hydrogen) atoms. The molecule has 426 valence electrons. The Labute approximate surface area is 464 Å². The highest BCUT2D eigenvalue weighted by molar-refractivity contribution is 5.67. The smallest absolute Gasteiger partial charge is 0.303 e. The normalized spacial score (nSPS) is 29.8. The van der Waals surface area contributed by atoms with Crippen molar-refractivity contribution in [3.8, 4) is 17.6 Å². The zero-order chi connectivity index (χ0) is 55.7. The summed E-state index contributed by atoms with van der Waals surface area (Å²) in [5, 5.41) is 115. The summed E-state index contributed by atoms with van der Waals surface area (Å²) >= 11 is 0. The lowest BCUT2D eigenvalue weighted by atomic mass is 9.52. The molecule has 3 aromatic rings. The van der Waals surface area contributed by atoms with E-state index in [1.807, 2.05) is 50.3 Å². The van der Waals surface area contributed by atoms with Crippen molar-refractivity contribution < 1.29 is 50.8 Å². The molecule has 6 aliphatic rings. The molecule has 4 heterocycles. The summed E-state index contributed by atoms with van der Waals surface area (Å²) in [5.74, 6) is 5.28. The van der Waals surface area contributed by atoms with Crippen molar-refractivity contribution in [1.29, 1.82) is 0 Å². The van der Waals surface area contributed by atoms with Gasteiger partial charge in [0.1, 0.15) is 5.75 Å². The second-order valence-electron chi connectivity index (χ2n) is 24.6. The minimum absolute atomic E-state index is 0.0154. The topological polar surface area (TPSA) is 223 Å². The van der Waals surface area contributed by atoms with Crippen LogP contribution in [0, 0.1) is 23.7 Å². The number of aliphatic hydroxyl groups excluding tert-OH is 6. The fraction of sp³-hybridized carbons (Fsp3) is 0.621. The SMILES string of the molecule is CCCCC(O)C(O)C=CC1=C(CC(O)CO)C2CCC(O)C3NC(C)CCC(C3CC(=O)O)C(O)C3(CCCCC3)c3ccc(cc3)CC(C(C)(O)C3(c4ccc(O)cc4)CCCCC3)(CC#Cc3ccccc3CC1)N2. The number of aryl methyl sites for hydroxylation is 1. The summed E-state index contributed by atoms with van der Waals surface area (Å²) in [4.78, 5) is 13.1. The van der Waals surface area contributed by atoms with Crippen LogP contribution in [0.15, 0.2) is 96.1 Å². The van der Waals surface area contributed by atoms with Gasteiger partial charge in [-0.1, -0.05) is 137 Å². The van der Waals surface area contributed by atoms with E-state index in [-0.39, 0.29) is 50.3 Å². The summed E-state index contributed by atoms with van der Waals surface area (Å²) in [5.41, 5.74) is 1.61. The summed E-state index contributed by atoms with van der Waals surface area (Å²) < 4.78 is 0. The van der Waals surface area contributed by atoms with Gasteiger partial charge >= 0.3 is 5.97 Å². The van der Waals surface area contributed by atoms with Crippen LogP contribution in [0.3, 0.4) is 0 Å². The van der Waals surface area contributed by atoms with E-state index < -0.39 is 89.0 Å². The molecule has 0 radical (unpaired) electrons. The van der Waals surface area contributed by atoms with Crippen LogP contribution in [0.1, 0.15) is 183 Å². The number of fused-ring (bicyclic) bond motifs is 5. The molecule has 11 N–H and O–H groups in total. The van der Waals surface area contributed by atoms with Crippen molar-refractivity contribution in [2.24, 2.45) is 11.8 Å². The first kappa shape index (κ1) is 59.7. The number of benzene rings is 3. The lowest BCUT2D eigenvalue weighted by Crippen LogP contribution is -2.73. The van der Waals surface area contributed by atoms with Gasteiger partial charge < -0.3 is 56.6 Å². The molecule has 2 aliphatic carbocycles. The number of aliphatic carboxylic acids is 1. The zero-order valence-corrected chi connectivity index (χ0v) is 46.8. The van der Waals surface area contributed by atoms with Crippen LogP contribution in [-0.2, 0) is 28.5 Å². The standard InChI is InChI=1S/C66H92N2O10/c1-4-5-18-57(72)58(73)33-24-48-23-22-47-16-9-8-15-46(47)17-14-39-66(63(3,78)65(37-12-7-13-38-65)50-27-29-51(70)30-28-50)42-45-20-25-49(26-21-45)64(35-10-6-11-36-64)62(77)53-31-19-44(2)67-61(55(53)41-60(75)76)59(74)34-32-56(68-66)54(48)40-52(71)43-69/h8-9,15-16,20-21,24-30,33,44,52-53,55-59,61-62,67-74,77-78H,4-7,10-13,18-19,22-23,31-32,34-43H2,1-3H3,(H,75,76). The summed E-state index contributed by atoms with van der Waals surface area (Å²) in [6.07, 6.45) is 11.1. The molecule has 4 aliphatic heterocycles. The maximum absolute atomic E-state index is 14.6. The van der Waals surface area contributed by atoms with Crippen LogP contribution < -0.4 is 10.6 Å². The predicted molar refractivity (Wildman–Crippen MR) is 306 cm³/mol. The average molecular weight is 1070 g/mol. The zero-order valence-electron chi connectivity index (χ0n) is 46.8. The highest BCUT2D eigenvalue weighted by atomic mass is 16.4. The monoisotopic (exact) mass is 1070 g/mol. The number of unbranched alkanes of at least 4 members (excludes halogenated alkanes) is 1. The number of allylic oxidation sites excluding steroid dienone is 2. The first-order valence-electron chi connectivity index (χ1n) is 29.8. The molecule has 1 spiro atoms. The van der Waals surface area contributed by atoms with Gasteiger partial charge in [0, 0.05) is 40.9 Å². The highest BCUT2D eigenvalue weighted by Gasteiger charge is 2.61.